The van der Waals surface area contributed by atoms with Crippen molar-refractivity contribution in [1.29, 1.82) is 0 Å². The normalized spacial score (nSPS) is 27.0. The van der Waals surface area contributed by atoms with Crippen LogP contribution in [0.5, 0.6) is 0 Å². The van der Waals surface area contributed by atoms with E-state index in [1.807, 2.05) is 7.05 Å². The highest BCUT2D eigenvalue weighted by molar-refractivity contribution is 5.96. The van der Waals surface area contributed by atoms with E-state index in [1.54, 1.807) is 17.0 Å². The van der Waals surface area contributed by atoms with E-state index in [-0.39, 0.29) is 23.9 Å². The first kappa shape index (κ1) is 15.4. The maximum Gasteiger partial charge on any atom is 0.241 e. The number of β-amino-alcohol motifs (C(OH)–C–C–N with tert-alkyl or cyclic N) is 1. The summed E-state index contributed by atoms with van der Waals surface area (Å²) in [5.41, 5.74) is 0.508. The minimum absolute atomic E-state index is 0.000617. The second kappa shape index (κ2) is 5.95. The smallest absolute Gasteiger partial charge is 0.241 e. The zero-order chi connectivity index (χ0) is 15.7. The predicted octanol–water partition coefficient (Wildman–Crippen LogP) is 0.541. The number of hydrogen-bond acceptors (Lipinski definition) is 4. The molecule has 2 aliphatic heterocycles. The van der Waals surface area contributed by atoms with Gasteiger partial charge in [0.15, 0.2) is 0 Å². The van der Waals surface area contributed by atoms with Crippen LogP contribution in [-0.4, -0.2) is 72.7 Å². The Morgan fingerprint density at radius 1 is 1.36 bits per heavy atom. The minimum Gasteiger partial charge on any atom is -0.395 e. The van der Waals surface area contributed by atoms with Crippen molar-refractivity contribution in [1.82, 2.24) is 9.80 Å². The van der Waals surface area contributed by atoms with E-state index in [0.29, 0.717) is 25.3 Å². The van der Waals surface area contributed by atoms with Crippen molar-refractivity contribution < 1.29 is 14.3 Å². The number of halogens is 1. The van der Waals surface area contributed by atoms with E-state index in [1.165, 1.54) is 12.1 Å². The molecule has 1 amide bonds. The molecule has 0 saturated carbocycles. The fourth-order valence-corrected chi connectivity index (χ4v) is 3.55. The number of benzene rings is 1. The lowest BCUT2D eigenvalue weighted by atomic mass is 9.92. The van der Waals surface area contributed by atoms with Crippen molar-refractivity contribution in [3.63, 3.8) is 0 Å². The number of carbonyl (C=O) groups excluding carboxylic acids is 1. The average molecular weight is 307 g/mol. The number of carbonyl (C=O) groups is 1. The second-order valence-corrected chi connectivity index (χ2v) is 6.29. The molecule has 0 bridgehead atoms. The summed E-state index contributed by atoms with van der Waals surface area (Å²) in [6, 6.07) is 6.21. The lowest BCUT2D eigenvalue weighted by Crippen LogP contribution is -2.64. The number of piperazine rings is 1. The first-order valence-corrected chi connectivity index (χ1v) is 7.64. The van der Waals surface area contributed by atoms with Crippen LogP contribution in [0.1, 0.15) is 6.42 Å². The molecule has 1 aromatic rings. The minimum atomic E-state index is -0.327. The lowest BCUT2D eigenvalue weighted by Gasteiger charge is -2.47. The third-order valence-corrected chi connectivity index (χ3v) is 4.88. The molecule has 0 unspecified atom stereocenters. The van der Waals surface area contributed by atoms with Crippen LogP contribution in [0.2, 0.25) is 0 Å². The van der Waals surface area contributed by atoms with Crippen molar-refractivity contribution >= 4 is 11.6 Å². The van der Waals surface area contributed by atoms with Crippen molar-refractivity contribution in [2.75, 3.05) is 51.3 Å². The van der Waals surface area contributed by atoms with Crippen molar-refractivity contribution in [2.24, 2.45) is 0 Å². The number of anilines is 1. The molecule has 2 saturated heterocycles. The molecular weight excluding hydrogens is 285 g/mol. The Labute approximate surface area is 129 Å². The molecule has 22 heavy (non-hydrogen) atoms. The molecule has 0 aliphatic carbocycles. The third kappa shape index (κ3) is 2.74. The van der Waals surface area contributed by atoms with Crippen LogP contribution in [-0.2, 0) is 4.79 Å². The van der Waals surface area contributed by atoms with Crippen molar-refractivity contribution in [3.05, 3.63) is 30.1 Å². The number of nitrogens with zero attached hydrogens (tertiary/aromatic N) is 3. The van der Waals surface area contributed by atoms with E-state index < -0.39 is 0 Å². The molecule has 1 N–H and O–H groups in total. The van der Waals surface area contributed by atoms with Crippen LogP contribution in [0.4, 0.5) is 10.1 Å². The Morgan fingerprint density at radius 3 is 2.91 bits per heavy atom. The summed E-state index contributed by atoms with van der Waals surface area (Å²) in [5.74, 6) is -0.328. The van der Waals surface area contributed by atoms with Gasteiger partial charge in [0.2, 0.25) is 5.91 Å². The van der Waals surface area contributed by atoms with E-state index >= 15 is 0 Å². The number of hydrogen-bond donors (Lipinski definition) is 1. The molecule has 3 rings (SSSR count). The average Bonchev–Trinajstić information content (AvgIpc) is 2.88. The molecule has 6 heteroatoms. The third-order valence-electron chi connectivity index (χ3n) is 4.88. The fourth-order valence-electron chi connectivity index (χ4n) is 3.55. The van der Waals surface area contributed by atoms with E-state index in [9.17, 15) is 9.18 Å². The van der Waals surface area contributed by atoms with Gasteiger partial charge in [0.25, 0.3) is 0 Å². The van der Waals surface area contributed by atoms with Gasteiger partial charge in [-0.05, 0) is 31.7 Å². The quantitative estimate of drug-likeness (QED) is 0.885. The first-order valence-electron chi connectivity index (χ1n) is 7.64. The Balaban J connectivity index is 1.83. The van der Waals surface area contributed by atoms with Crippen molar-refractivity contribution in [3.8, 4) is 0 Å². The zero-order valence-corrected chi connectivity index (χ0v) is 12.8. The summed E-state index contributed by atoms with van der Waals surface area (Å²) in [6.07, 6.45) is 0.947. The number of aliphatic hydroxyl groups is 1. The highest BCUT2D eigenvalue weighted by Crippen LogP contribution is 2.33. The molecule has 1 atom stereocenters. The Bertz CT molecular complexity index is 568. The molecule has 5 nitrogen and oxygen atoms in total. The van der Waals surface area contributed by atoms with Crippen LogP contribution in [0.25, 0.3) is 0 Å². The molecule has 2 fully saturated rings. The molecule has 120 valence electrons. The molecular formula is C16H22FN3O2. The standard InChI is InChI=1S/C16H22FN3O2/c1-18-10-15(22)20(14-4-2-3-13(17)9-14)12-16(18)5-6-19(11-16)7-8-21/h2-4,9,21H,5-8,10-12H2,1H3/t16-/m1/s1. The zero-order valence-electron chi connectivity index (χ0n) is 12.8. The van der Waals surface area contributed by atoms with Gasteiger partial charge < -0.3 is 10.0 Å². The topological polar surface area (TPSA) is 47.0 Å². The van der Waals surface area contributed by atoms with Gasteiger partial charge in [-0.2, -0.15) is 0 Å². The van der Waals surface area contributed by atoms with Gasteiger partial charge >= 0.3 is 0 Å². The van der Waals surface area contributed by atoms with Gasteiger partial charge in [-0.1, -0.05) is 6.07 Å². The van der Waals surface area contributed by atoms with Crippen LogP contribution < -0.4 is 4.90 Å². The van der Waals surface area contributed by atoms with Crippen LogP contribution in [0.3, 0.4) is 0 Å². The molecule has 2 aliphatic rings. The number of amides is 1. The maximum atomic E-state index is 13.5. The largest absolute Gasteiger partial charge is 0.395 e. The molecule has 0 aromatic heterocycles. The van der Waals surface area contributed by atoms with Crippen LogP contribution in [0, 0.1) is 5.82 Å². The predicted molar refractivity (Wildman–Crippen MR) is 82.3 cm³/mol. The molecule has 0 radical (unpaired) electrons. The summed E-state index contributed by atoms with van der Waals surface area (Å²) in [4.78, 5) is 18.4. The Kier molecular flexibility index (Phi) is 4.16. The number of likely N-dealkylation sites (tertiary alicyclic amines) is 1. The number of rotatable bonds is 3. The SMILES string of the molecule is CN1CC(=O)N(c2cccc(F)c2)C[C@]12CCN(CCO)C2. The van der Waals surface area contributed by atoms with Crippen molar-refractivity contribution in [2.45, 2.75) is 12.0 Å². The number of likely N-dealkylation sites (N-methyl/N-ethyl adjacent to an activating group) is 1. The van der Waals surface area contributed by atoms with Gasteiger partial charge in [-0.25, -0.2) is 4.39 Å². The first-order chi connectivity index (χ1) is 10.5. The Hall–Kier alpha value is -1.50. The molecule has 1 aromatic carbocycles. The van der Waals surface area contributed by atoms with Gasteiger partial charge in [-0.15, -0.1) is 0 Å². The lowest BCUT2D eigenvalue weighted by molar-refractivity contribution is -0.123. The van der Waals surface area contributed by atoms with E-state index in [0.717, 1.165) is 19.5 Å². The highest BCUT2D eigenvalue weighted by atomic mass is 19.1. The summed E-state index contributed by atoms with van der Waals surface area (Å²) >= 11 is 0. The highest BCUT2D eigenvalue weighted by Gasteiger charge is 2.47. The van der Waals surface area contributed by atoms with Gasteiger partial charge in [0, 0.05) is 31.9 Å². The van der Waals surface area contributed by atoms with Crippen LogP contribution >= 0.6 is 0 Å². The van der Waals surface area contributed by atoms with E-state index in [4.69, 9.17) is 5.11 Å². The van der Waals surface area contributed by atoms with Gasteiger partial charge in [0.05, 0.1) is 18.7 Å². The fraction of sp³-hybridized carbons (Fsp3) is 0.562. The maximum absolute atomic E-state index is 13.5. The second-order valence-electron chi connectivity index (χ2n) is 6.29. The summed E-state index contributed by atoms with van der Waals surface area (Å²) in [5, 5.41) is 9.12. The Morgan fingerprint density at radius 2 is 2.18 bits per heavy atom. The number of aliphatic hydroxyl groups excluding tert-OH is 1. The van der Waals surface area contributed by atoms with Gasteiger partial charge in [-0.3, -0.25) is 14.6 Å². The van der Waals surface area contributed by atoms with E-state index in [2.05, 4.69) is 9.80 Å². The molecule has 2 heterocycles. The molecule has 1 spiro atoms. The summed E-state index contributed by atoms with van der Waals surface area (Å²) in [7, 11) is 1.98. The van der Waals surface area contributed by atoms with Crippen LogP contribution in [0.15, 0.2) is 24.3 Å². The monoisotopic (exact) mass is 307 g/mol. The summed E-state index contributed by atoms with van der Waals surface area (Å²) in [6.45, 7) is 3.44. The summed E-state index contributed by atoms with van der Waals surface area (Å²) < 4.78 is 13.5. The van der Waals surface area contributed by atoms with Gasteiger partial charge in [0.1, 0.15) is 5.82 Å².